The number of halogens is 1. The number of piperazine rings is 1. The predicted molar refractivity (Wildman–Crippen MR) is 94.0 cm³/mol. The van der Waals surface area contributed by atoms with Gasteiger partial charge in [0, 0.05) is 25.5 Å². The van der Waals surface area contributed by atoms with Gasteiger partial charge in [-0.2, -0.15) is 4.98 Å². The number of anilines is 2. The molecule has 10 heteroatoms. The van der Waals surface area contributed by atoms with Gasteiger partial charge in [-0.15, -0.1) is 10.2 Å². The summed E-state index contributed by atoms with van der Waals surface area (Å²) >= 11 is 3.40. The molecule has 2 aliphatic rings. The molecule has 2 unspecified atom stereocenters. The van der Waals surface area contributed by atoms with Gasteiger partial charge >= 0.3 is 0 Å². The third kappa shape index (κ3) is 2.24. The Morgan fingerprint density at radius 2 is 2.04 bits per heavy atom. The van der Waals surface area contributed by atoms with Crippen LogP contribution < -0.4 is 14.5 Å². The van der Waals surface area contributed by atoms with Gasteiger partial charge in [0.1, 0.15) is 6.33 Å². The van der Waals surface area contributed by atoms with E-state index in [0.717, 1.165) is 35.4 Å². The Hall–Kier alpha value is -2.49. The van der Waals surface area contributed by atoms with Crippen molar-refractivity contribution in [3.05, 3.63) is 29.4 Å². The van der Waals surface area contributed by atoms with Gasteiger partial charge in [0.15, 0.2) is 5.82 Å². The highest BCUT2D eigenvalue weighted by Crippen LogP contribution is 2.37. The maximum atomic E-state index is 5.29. The van der Waals surface area contributed by atoms with Crippen molar-refractivity contribution >= 4 is 33.3 Å². The first-order chi connectivity index (χ1) is 12.2. The van der Waals surface area contributed by atoms with Gasteiger partial charge in [0.25, 0.3) is 0 Å². The van der Waals surface area contributed by atoms with E-state index in [1.54, 1.807) is 25.8 Å². The van der Waals surface area contributed by atoms with Gasteiger partial charge in [0.2, 0.25) is 17.5 Å². The molecule has 0 amide bonds. The van der Waals surface area contributed by atoms with E-state index >= 15 is 0 Å². The molecular weight excluding hydrogens is 388 g/mol. The molecule has 2 bridgehead atoms. The molecule has 0 spiro atoms. The Balaban J connectivity index is 1.43. The Labute approximate surface area is 151 Å². The van der Waals surface area contributed by atoms with Crippen LogP contribution in [0.25, 0.3) is 5.65 Å². The number of hydrogen-bond donors (Lipinski definition) is 0. The second kappa shape index (κ2) is 5.51. The number of aromatic nitrogens is 6. The average Bonchev–Trinajstić information content (AvgIpc) is 3.36. The van der Waals surface area contributed by atoms with Crippen LogP contribution in [0.2, 0.25) is 0 Å². The minimum absolute atomic E-state index is 0.348. The van der Waals surface area contributed by atoms with Crippen LogP contribution in [0.15, 0.2) is 29.4 Å². The molecule has 0 aliphatic carbocycles. The van der Waals surface area contributed by atoms with Crippen molar-refractivity contribution in [1.29, 1.82) is 0 Å². The number of rotatable bonds is 3. The SMILES string of the molecule is COc1nc(N2CC3CC2CN3c2nccn3cnnc23)ncc1Br. The Bertz CT molecular complexity index is 946. The van der Waals surface area contributed by atoms with Crippen LogP contribution in [0, 0.1) is 0 Å². The first-order valence-corrected chi connectivity index (χ1v) is 8.78. The van der Waals surface area contributed by atoms with E-state index in [2.05, 4.69) is 50.9 Å². The fraction of sp³-hybridized carbons (Fsp3) is 0.400. The van der Waals surface area contributed by atoms with Crippen LogP contribution in [-0.2, 0) is 0 Å². The largest absolute Gasteiger partial charge is 0.480 e. The predicted octanol–water partition coefficient (Wildman–Crippen LogP) is 1.15. The Morgan fingerprint density at radius 3 is 2.84 bits per heavy atom. The molecule has 5 heterocycles. The lowest BCUT2D eigenvalue weighted by atomic mass is 10.2. The summed E-state index contributed by atoms with van der Waals surface area (Å²) in [7, 11) is 1.61. The van der Waals surface area contributed by atoms with Crippen molar-refractivity contribution < 1.29 is 4.74 Å². The van der Waals surface area contributed by atoms with Crippen LogP contribution in [0.3, 0.4) is 0 Å². The molecule has 0 N–H and O–H groups in total. The molecule has 0 radical (unpaired) electrons. The second-order valence-electron chi connectivity index (χ2n) is 6.19. The van der Waals surface area contributed by atoms with Crippen molar-refractivity contribution in [2.24, 2.45) is 0 Å². The summed E-state index contributed by atoms with van der Waals surface area (Å²) < 4.78 is 7.95. The molecule has 3 aromatic heterocycles. The molecule has 25 heavy (non-hydrogen) atoms. The summed E-state index contributed by atoms with van der Waals surface area (Å²) in [6, 6.07) is 0.708. The first-order valence-electron chi connectivity index (χ1n) is 7.99. The molecule has 2 aliphatic heterocycles. The topological polar surface area (TPSA) is 84.6 Å². The monoisotopic (exact) mass is 402 g/mol. The summed E-state index contributed by atoms with van der Waals surface area (Å²) in [5.41, 5.74) is 0.795. The zero-order valence-corrected chi connectivity index (χ0v) is 15.0. The summed E-state index contributed by atoms with van der Waals surface area (Å²) in [6.45, 7) is 1.72. The highest BCUT2D eigenvalue weighted by atomic mass is 79.9. The number of fused-ring (bicyclic) bond motifs is 3. The lowest BCUT2D eigenvalue weighted by molar-refractivity contribution is 0.393. The third-order valence-corrected chi connectivity index (χ3v) is 5.40. The van der Waals surface area contributed by atoms with Gasteiger partial charge in [0.05, 0.1) is 29.9 Å². The number of nitrogens with zero attached hydrogens (tertiary/aromatic N) is 8. The molecule has 9 nitrogen and oxygen atoms in total. The third-order valence-electron chi connectivity index (χ3n) is 4.86. The lowest BCUT2D eigenvalue weighted by Gasteiger charge is -2.34. The van der Waals surface area contributed by atoms with Crippen LogP contribution in [0.1, 0.15) is 6.42 Å². The van der Waals surface area contributed by atoms with Crippen molar-refractivity contribution in [3.63, 3.8) is 0 Å². The maximum absolute atomic E-state index is 5.29. The smallest absolute Gasteiger partial charge is 0.232 e. The Kier molecular flexibility index (Phi) is 3.27. The van der Waals surface area contributed by atoms with Gasteiger partial charge in [-0.1, -0.05) is 0 Å². The zero-order valence-electron chi connectivity index (χ0n) is 13.4. The molecular formula is C15H15BrN8O. The summed E-state index contributed by atoms with van der Waals surface area (Å²) in [5, 5.41) is 8.19. The minimum Gasteiger partial charge on any atom is -0.480 e. The quantitative estimate of drug-likeness (QED) is 0.644. The molecule has 2 fully saturated rings. The van der Waals surface area contributed by atoms with E-state index in [9.17, 15) is 0 Å². The van der Waals surface area contributed by atoms with Gasteiger partial charge < -0.3 is 14.5 Å². The van der Waals surface area contributed by atoms with Crippen LogP contribution in [0.5, 0.6) is 5.88 Å². The average molecular weight is 403 g/mol. The second-order valence-corrected chi connectivity index (χ2v) is 7.04. The van der Waals surface area contributed by atoms with Gasteiger partial charge in [-0.3, -0.25) is 4.40 Å². The normalized spacial score (nSPS) is 22.2. The summed E-state index contributed by atoms with van der Waals surface area (Å²) in [6.07, 6.45) is 8.14. The van der Waals surface area contributed by atoms with E-state index in [1.165, 1.54) is 0 Å². The van der Waals surface area contributed by atoms with Crippen molar-refractivity contribution in [2.45, 2.75) is 18.5 Å². The fourth-order valence-electron chi connectivity index (χ4n) is 3.74. The molecule has 0 aromatic carbocycles. The van der Waals surface area contributed by atoms with Crippen molar-refractivity contribution in [1.82, 2.24) is 29.5 Å². The summed E-state index contributed by atoms with van der Waals surface area (Å²) in [5.74, 6) is 2.15. The highest BCUT2D eigenvalue weighted by Gasteiger charge is 2.45. The molecule has 2 saturated heterocycles. The lowest BCUT2D eigenvalue weighted by Crippen LogP contribution is -2.47. The summed E-state index contributed by atoms with van der Waals surface area (Å²) in [4.78, 5) is 18.1. The van der Waals surface area contributed by atoms with Gasteiger partial charge in [-0.25, -0.2) is 9.97 Å². The molecule has 2 atom stereocenters. The van der Waals surface area contributed by atoms with Crippen LogP contribution >= 0.6 is 15.9 Å². The molecule has 5 rings (SSSR count). The Morgan fingerprint density at radius 1 is 1.20 bits per heavy atom. The maximum Gasteiger partial charge on any atom is 0.232 e. The standard InChI is InChI=1S/C15H15BrN8O/c1-25-14-11(16)5-18-15(20-14)24-7-9-4-10(24)6-23(9)12-13-21-19-8-22(13)3-2-17-12/h2-3,5,8-10H,4,6-7H2,1H3. The zero-order chi connectivity index (χ0) is 17.0. The van der Waals surface area contributed by atoms with E-state index in [1.807, 2.05) is 10.6 Å². The van der Waals surface area contributed by atoms with E-state index in [4.69, 9.17) is 4.74 Å². The number of methoxy groups -OCH3 is 1. The molecule has 128 valence electrons. The van der Waals surface area contributed by atoms with E-state index < -0.39 is 0 Å². The van der Waals surface area contributed by atoms with Crippen molar-refractivity contribution in [3.8, 4) is 5.88 Å². The van der Waals surface area contributed by atoms with E-state index in [0.29, 0.717) is 23.9 Å². The molecule has 0 saturated carbocycles. The fourth-order valence-corrected chi connectivity index (χ4v) is 4.10. The molecule has 3 aromatic rings. The van der Waals surface area contributed by atoms with Crippen molar-refractivity contribution in [2.75, 3.05) is 30.0 Å². The minimum atomic E-state index is 0.348. The number of hydrogen-bond acceptors (Lipinski definition) is 8. The van der Waals surface area contributed by atoms with E-state index in [-0.39, 0.29) is 0 Å². The number of ether oxygens (including phenoxy) is 1. The first kappa shape index (κ1) is 14.8. The van der Waals surface area contributed by atoms with Crippen LogP contribution in [-0.4, -0.2) is 61.8 Å². The van der Waals surface area contributed by atoms with Gasteiger partial charge in [-0.05, 0) is 22.4 Å². The van der Waals surface area contributed by atoms with Crippen LogP contribution in [0.4, 0.5) is 11.8 Å². The highest BCUT2D eigenvalue weighted by molar-refractivity contribution is 9.10.